The van der Waals surface area contributed by atoms with Gasteiger partial charge >= 0.3 is 0 Å². The number of hydrogen-bond donors (Lipinski definition) is 2. The van der Waals surface area contributed by atoms with E-state index in [0.717, 1.165) is 25.1 Å². The van der Waals surface area contributed by atoms with E-state index in [-0.39, 0.29) is 5.91 Å². The highest BCUT2D eigenvalue weighted by molar-refractivity contribution is 5.94. The number of nitrogens with zero attached hydrogens (tertiary/aromatic N) is 2. The molecule has 1 aromatic rings. The van der Waals surface area contributed by atoms with E-state index in [2.05, 4.69) is 10.5 Å². The van der Waals surface area contributed by atoms with Gasteiger partial charge in [0, 0.05) is 18.7 Å². The second-order valence-electron chi connectivity index (χ2n) is 4.59. The van der Waals surface area contributed by atoms with E-state index in [1.807, 2.05) is 11.6 Å². The molecule has 3 N–H and O–H groups in total. The number of nitrogens with two attached hydrogens (primary N) is 1. The fourth-order valence-corrected chi connectivity index (χ4v) is 2.53. The van der Waals surface area contributed by atoms with Gasteiger partial charge in [0.25, 0.3) is 5.91 Å². The Balaban J connectivity index is 2.29. The van der Waals surface area contributed by atoms with Gasteiger partial charge in [0.1, 0.15) is 0 Å². The summed E-state index contributed by atoms with van der Waals surface area (Å²) in [6.07, 6.45) is 7.81. The van der Waals surface area contributed by atoms with Crippen LogP contribution >= 0.6 is 0 Å². The van der Waals surface area contributed by atoms with E-state index in [0.29, 0.717) is 11.5 Å². The summed E-state index contributed by atoms with van der Waals surface area (Å²) in [5.41, 5.74) is 3.77. The fourth-order valence-electron chi connectivity index (χ4n) is 2.53. The molecule has 17 heavy (non-hydrogen) atoms. The van der Waals surface area contributed by atoms with Crippen LogP contribution in [-0.4, -0.2) is 15.7 Å². The number of hydrogen-bond acceptors (Lipinski definition) is 3. The van der Waals surface area contributed by atoms with Gasteiger partial charge in [-0.25, -0.2) is 5.84 Å². The van der Waals surface area contributed by atoms with Gasteiger partial charge in [0.15, 0.2) is 0 Å². The average Bonchev–Trinajstić information content (AvgIpc) is 2.83. The Morgan fingerprint density at radius 1 is 1.53 bits per heavy atom. The van der Waals surface area contributed by atoms with Crippen LogP contribution in [0.15, 0.2) is 6.20 Å². The van der Waals surface area contributed by atoms with Crippen LogP contribution in [0.4, 0.5) is 0 Å². The number of aromatic nitrogens is 2. The minimum atomic E-state index is -0.231. The molecule has 0 spiro atoms. The van der Waals surface area contributed by atoms with Crippen LogP contribution in [0.2, 0.25) is 0 Å². The molecule has 1 aliphatic carbocycles. The third kappa shape index (κ3) is 2.49. The standard InChI is InChI=1S/C12H20N4O/c1-2-16-8-10(12(17)14-13)11(15-16)9-6-4-3-5-7-9/h8-9H,2-7,13H2,1H3,(H,14,17). The van der Waals surface area contributed by atoms with Gasteiger partial charge < -0.3 is 0 Å². The van der Waals surface area contributed by atoms with Gasteiger partial charge in [0.05, 0.1) is 11.3 Å². The van der Waals surface area contributed by atoms with Crippen molar-refractivity contribution in [3.8, 4) is 0 Å². The topological polar surface area (TPSA) is 72.9 Å². The molecular weight excluding hydrogens is 216 g/mol. The Kier molecular flexibility index (Phi) is 3.78. The molecule has 1 aliphatic rings. The number of hydrazine groups is 1. The van der Waals surface area contributed by atoms with Crippen LogP contribution in [0.3, 0.4) is 0 Å². The second kappa shape index (κ2) is 5.31. The Hall–Kier alpha value is -1.36. The van der Waals surface area contributed by atoms with Crippen LogP contribution in [-0.2, 0) is 6.54 Å². The van der Waals surface area contributed by atoms with Crippen molar-refractivity contribution >= 4 is 5.91 Å². The van der Waals surface area contributed by atoms with E-state index in [1.54, 1.807) is 6.20 Å². The third-order valence-electron chi connectivity index (χ3n) is 3.48. The molecule has 0 saturated heterocycles. The van der Waals surface area contributed by atoms with Crippen molar-refractivity contribution in [3.05, 3.63) is 17.5 Å². The quantitative estimate of drug-likeness (QED) is 0.475. The number of carbonyl (C=O) groups excluding carboxylic acids is 1. The first-order valence-corrected chi connectivity index (χ1v) is 6.34. The zero-order valence-electron chi connectivity index (χ0n) is 10.3. The van der Waals surface area contributed by atoms with Crippen LogP contribution < -0.4 is 11.3 Å². The predicted octanol–water partition coefficient (Wildman–Crippen LogP) is 1.55. The molecule has 1 saturated carbocycles. The summed E-state index contributed by atoms with van der Waals surface area (Å²) < 4.78 is 1.81. The van der Waals surface area contributed by atoms with Crippen LogP contribution in [0.1, 0.15) is 61.0 Å². The first-order valence-electron chi connectivity index (χ1n) is 6.34. The van der Waals surface area contributed by atoms with Crippen molar-refractivity contribution in [2.45, 2.75) is 51.5 Å². The number of amides is 1. The Morgan fingerprint density at radius 3 is 2.82 bits per heavy atom. The van der Waals surface area contributed by atoms with E-state index in [4.69, 9.17) is 5.84 Å². The lowest BCUT2D eigenvalue weighted by Gasteiger charge is -2.20. The molecule has 1 heterocycles. The van der Waals surface area contributed by atoms with Crippen LogP contribution in [0, 0.1) is 0 Å². The van der Waals surface area contributed by atoms with Crippen molar-refractivity contribution in [2.75, 3.05) is 0 Å². The van der Waals surface area contributed by atoms with Crippen molar-refractivity contribution in [1.29, 1.82) is 0 Å². The molecule has 0 unspecified atom stereocenters. The Labute approximate surface area is 101 Å². The SMILES string of the molecule is CCn1cc(C(=O)NN)c(C2CCCCC2)n1. The third-order valence-corrected chi connectivity index (χ3v) is 3.48. The molecule has 1 fully saturated rings. The first kappa shape index (κ1) is 12.1. The zero-order valence-corrected chi connectivity index (χ0v) is 10.3. The van der Waals surface area contributed by atoms with Crippen LogP contribution in [0.25, 0.3) is 0 Å². The Bertz CT molecular complexity index is 393. The smallest absolute Gasteiger partial charge is 0.268 e. The highest BCUT2D eigenvalue weighted by Gasteiger charge is 2.24. The number of aryl methyl sites for hydroxylation is 1. The summed E-state index contributed by atoms with van der Waals surface area (Å²) in [4.78, 5) is 11.7. The first-order chi connectivity index (χ1) is 8.26. The van der Waals surface area contributed by atoms with E-state index in [1.165, 1.54) is 19.3 Å². The van der Waals surface area contributed by atoms with E-state index >= 15 is 0 Å². The number of carbonyl (C=O) groups is 1. The monoisotopic (exact) mass is 236 g/mol. The zero-order chi connectivity index (χ0) is 12.3. The maximum atomic E-state index is 11.7. The molecule has 1 amide bonds. The van der Waals surface area contributed by atoms with Crippen molar-refractivity contribution in [1.82, 2.24) is 15.2 Å². The summed E-state index contributed by atoms with van der Waals surface area (Å²) in [6, 6.07) is 0. The predicted molar refractivity (Wildman–Crippen MR) is 65.4 cm³/mol. The maximum Gasteiger partial charge on any atom is 0.268 e. The number of rotatable bonds is 3. The van der Waals surface area contributed by atoms with Crippen molar-refractivity contribution < 1.29 is 4.79 Å². The maximum absolute atomic E-state index is 11.7. The summed E-state index contributed by atoms with van der Waals surface area (Å²) in [7, 11) is 0. The summed E-state index contributed by atoms with van der Waals surface area (Å²) in [5.74, 6) is 5.41. The molecule has 0 aromatic carbocycles. The molecule has 94 valence electrons. The molecule has 0 aliphatic heterocycles. The normalized spacial score (nSPS) is 17.1. The summed E-state index contributed by atoms with van der Waals surface area (Å²) >= 11 is 0. The van der Waals surface area contributed by atoms with Crippen LogP contribution in [0.5, 0.6) is 0 Å². The van der Waals surface area contributed by atoms with Gasteiger partial charge in [-0.05, 0) is 19.8 Å². The van der Waals surface area contributed by atoms with Gasteiger partial charge in [-0.3, -0.25) is 14.9 Å². The minimum Gasteiger partial charge on any atom is -0.290 e. The minimum absolute atomic E-state index is 0.231. The molecule has 5 heteroatoms. The van der Waals surface area contributed by atoms with Gasteiger partial charge in [-0.2, -0.15) is 5.10 Å². The molecule has 0 atom stereocenters. The van der Waals surface area contributed by atoms with Gasteiger partial charge in [0.2, 0.25) is 0 Å². The molecule has 0 radical (unpaired) electrons. The molecular formula is C12H20N4O. The Morgan fingerprint density at radius 2 is 2.24 bits per heavy atom. The highest BCUT2D eigenvalue weighted by Crippen LogP contribution is 2.33. The second-order valence-corrected chi connectivity index (χ2v) is 4.59. The summed E-state index contributed by atoms with van der Waals surface area (Å²) in [5, 5.41) is 4.52. The summed E-state index contributed by atoms with van der Waals surface area (Å²) in [6.45, 7) is 2.79. The van der Waals surface area contributed by atoms with Crippen molar-refractivity contribution in [3.63, 3.8) is 0 Å². The number of nitrogens with one attached hydrogen (secondary N) is 1. The molecule has 1 aromatic heterocycles. The lowest BCUT2D eigenvalue weighted by molar-refractivity contribution is 0.0952. The van der Waals surface area contributed by atoms with E-state index < -0.39 is 0 Å². The van der Waals surface area contributed by atoms with Crippen molar-refractivity contribution in [2.24, 2.45) is 5.84 Å². The van der Waals surface area contributed by atoms with Gasteiger partial charge in [-0.1, -0.05) is 19.3 Å². The highest BCUT2D eigenvalue weighted by atomic mass is 16.2. The lowest BCUT2D eigenvalue weighted by Crippen LogP contribution is -2.30. The molecule has 5 nitrogen and oxygen atoms in total. The molecule has 0 bridgehead atoms. The fraction of sp³-hybridized carbons (Fsp3) is 0.667. The average molecular weight is 236 g/mol. The number of nitrogen functional groups attached to an aromatic ring is 1. The van der Waals surface area contributed by atoms with E-state index in [9.17, 15) is 4.79 Å². The molecule has 2 rings (SSSR count). The largest absolute Gasteiger partial charge is 0.290 e. The van der Waals surface area contributed by atoms with Gasteiger partial charge in [-0.15, -0.1) is 0 Å². The lowest BCUT2D eigenvalue weighted by atomic mass is 9.85.